The van der Waals surface area contributed by atoms with Gasteiger partial charge in [-0.25, -0.2) is 9.97 Å². The second-order valence-electron chi connectivity index (χ2n) is 6.50. The van der Waals surface area contributed by atoms with E-state index in [1.165, 1.54) is 10.4 Å². The molecule has 4 heterocycles. The fraction of sp³-hybridized carbons (Fsp3) is 0.150. The van der Waals surface area contributed by atoms with Gasteiger partial charge in [-0.15, -0.1) is 11.3 Å². The number of nitrogens with zero attached hydrogens (tertiary/aromatic N) is 3. The van der Waals surface area contributed by atoms with Crippen LogP contribution in [0.5, 0.6) is 0 Å². The van der Waals surface area contributed by atoms with Crippen molar-refractivity contribution in [1.29, 1.82) is 0 Å². The van der Waals surface area contributed by atoms with Crippen molar-refractivity contribution in [2.75, 3.05) is 4.90 Å². The molecule has 4 aromatic rings. The van der Waals surface area contributed by atoms with Crippen LogP contribution in [0.25, 0.3) is 10.9 Å². The molecular formula is C20H16N4OS. The third kappa shape index (κ3) is 2.26. The lowest BCUT2D eigenvalue weighted by Crippen LogP contribution is -2.24. The summed E-state index contributed by atoms with van der Waals surface area (Å²) >= 11 is 1.70. The number of aryl methyl sites for hydroxylation is 1. The first-order chi connectivity index (χ1) is 12.7. The molecule has 1 atom stereocenters. The monoisotopic (exact) mass is 360 g/mol. The van der Waals surface area contributed by atoms with Crippen molar-refractivity contribution in [1.82, 2.24) is 15.0 Å². The number of para-hydroxylation sites is 1. The average molecular weight is 360 g/mol. The highest BCUT2D eigenvalue weighted by Gasteiger charge is 2.36. The van der Waals surface area contributed by atoms with Crippen LogP contribution in [0.2, 0.25) is 0 Å². The molecule has 1 N–H and O–H groups in total. The summed E-state index contributed by atoms with van der Waals surface area (Å²) in [5, 5.41) is 2.86. The Kier molecular flexibility index (Phi) is 3.39. The summed E-state index contributed by atoms with van der Waals surface area (Å²) in [6, 6.07) is 11.6. The molecule has 0 saturated heterocycles. The molecule has 0 aliphatic carbocycles. The summed E-state index contributed by atoms with van der Waals surface area (Å²) in [5.41, 5.74) is 3.92. The number of hydrogen-bond donors (Lipinski definition) is 1. The maximum absolute atomic E-state index is 13.1. The van der Waals surface area contributed by atoms with Crippen LogP contribution in [-0.4, -0.2) is 15.0 Å². The second kappa shape index (κ2) is 5.78. The van der Waals surface area contributed by atoms with Gasteiger partial charge in [0.2, 0.25) is 5.95 Å². The number of benzene rings is 1. The lowest BCUT2D eigenvalue weighted by atomic mass is 10.1. The van der Waals surface area contributed by atoms with E-state index in [0.717, 1.165) is 22.2 Å². The molecule has 0 fully saturated rings. The Bertz CT molecular complexity index is 1170. The quantitative estimate of drug-likeness (QED) is 0.591. The summed E-state index contributed by atoms with van der Waals surface area (Å²) < 4.78 is 0. The molecule has 0 bridgehead atoms. The molecular weight excluding hydrogens is 344 g/mol. The van der Waals surface area contributed by atoms with Crippen molar-refractivity contribution < 1.29 is 0 Å². The first-order valence-corrected chi connectivity index (χ1v) is 9.33. The molecule has 0 amide bonds. The predicted octanol–water partition coefficient (Wildman–Crippen LogP) is 3.80. The van der Waals surface area contributed by atoms with E-state index in [1.807, 2.05) is 24.3 Å². The van der Waals surface area contributed by atoms with Crippen LogP contribution < -0.4 is 10.3 Å². The van der Waals surface area contributed by atoms with Crippen LogP contribution in [0.1, 0.15) is 27.7 Å². The van der Waals surface area contributed by atoms with Gasteiger partial charge < -0.3 is 9.88 Å². The maximum atomic E-state index is 13.1. The van der Waals surface area contributed by atoms with Crippen molar-refractivity contribution in [3.05, 3.63) is 86.1 Å². The van der Waals surface area contributed by atoms with Gasteiger partial charge in [-0.05, 0) is 42.1 Å². The third-order valence-corrected chi connectivity index (χ3v) is 5.89. The molecule has 1 aromatic carbocycles. The van der Waals surface area contributed by atoms with Crippen LogP contribution >= 0.6 is 11.3 Å². The zero-order valence-electron chi connectivity index (χ0n) is 14.1. The maximum Gasteiger partial charge on any atom is 0.226 e. The first kappa shape index (κ1) is 15.3. The number of fused-ring (bicyclic) bond motifs is 2. The SMILES string of the molecule is Cc1csc(C2c3[nH]c4ccccc4c(=O)c3CN2c2ncccn2)c1. The Labute approximate surface area is 154 Å². The van der Waals surface area contributed by atoms with Gasteiger partial charge >= 0.3 is 0 Å². The standard InChI is InChI=1S/C20H16N4OS/c1-12-9-16(26-11-12)18-17-14(10-24(18)20-21-7-4-8-22-20)19(25)13-5-2-3-6-15(13)23-17/h2-9,11,18H,10H2,1H3,(H,23,25). The van der Waals surface area contributed by atoms with Crippen LogP contribution in [0.4, 0.5) is 5.95 Å². The van der Waals surface area contributed by atoms with Gasteiger partial charge in [-0.2, -0.15) is 0 Å². The van der Waals surface area contributed by atoms with Gasteiger partial charge in [-0.1, -0.05) is 12.1 Å². The number of anilines is 1. The van der Waals surface area contributed by atoms with Gasteiger partial charge in [0.1, 0.15) is 6.04 Å². The summed E-state index contributed by atoms with van der Waals surface area (Å²) in [5.74, 6) is 0.636. The van der Waals surface area contributed by atoms with E-state index in [1.54, 1.807) is 29.8 Å². The molecule has 1 aliphatic heterocycles. The number of H-pyrrole nitrogens is 1. The molecule has 5 rings (SSSR count). The molecule has 3 aromatic heterocycles. The molecule has 1 aliphatic rings. The normalized spacial score (nSPS) is 16.2. The van der Waals surface area contributed by atoms with E-state index in [4.69, 9.17) is 0 Å². The summed E-state index contributed by atoms with van der Waals surface area (Å²) in [6.45, 7) is 2.59. The van der Waals surface area contributed by atoms with E-state index in [-0.39, 0.29) is 11.5 Å². The number of thiophene rings is 1. The molecule has 0 radical (unpaired) electrons. The van der Waals surface area contributed by atoms with E-state index in [0.29, 0.717) is 12.5 Å². The van der Waals surface area contributed by atoms with E-state index >= 15 is 0 Å². The molecule has 6 heteroatoms. The van der Waals surface area contributed by atoms with Crippen molar-refractivity contribution in [3.63, 3.8) is 0 Å². The van der Waals surface area contributed by atoms with Gasteiger partial charge in [-0.3, -0.25) is 4.79 Å². The Morgan fingerprint density at radius 1 is 1.19 bits per heavy atom. The molecule has 26 heavy (non-hydrogen) atoms. The van der Waals surface area contributed by atoms with Gasteiger partial charge in [0, 0.05) is 33.7 Å². The number of rotatable bonds is 2. The molecule has 0 spiro atoms. The number of pyridine rings is 1. The first-order valence-electron chi connectivity index (χ1n) is 8.45. The largest absolute Gasteiger partial charge is 0.356 e. The van der Waals surface area contributed by atoms with Gasteiger partial charge in [0.25, 0.3) is 0 Å². The highest BCUT2D eigenvalue weighted by Crippen LogP contribution is 2.40. The lowest BCUT2D eigenvalue weighted by Gasteiger charge is -2.23. The van der Waals surface area contributed by atoms with Crippen molar-refractivity contribution in [3.8, 4) is 0 Å². The number of aromatic nitrogens is 3. The minimum atomic E-state index is -0.0802. The van der Waals surface area contributed by atoms with E-state index < -0.39 is 0 Å². The lowest BCUT2D eigenvalue weighted by molar-refractivity contribution is 0.738. The molecule has 0 saturated carbocycles. The van der Waals surface area contributed by atoms with Crippen molar-refractivity contribution >= 4 is 28.2 Å². The highest BCUT2D eigenvalue weighted by molar-refractivity contribution is 7.10. The minimum Gasteiger partial charge on any atom is -0.356 e. The second-order valence-corrected chi connectivity index (χ2v) is 7.44. The summed E-state index contributed by atoms with van der Waals surface area (Å²) in [7, 11) is 0. The van der Waals surface area contributed by atoms with Crippen LogP contribution in [-0.2, 0) is 6.54 Å². The Morgan fingerprint density at radius 3 is 2.77 bits per heavy atom. The average Bonchev–Trinajstić information content (AvgIpc) is 3.26. The van der Waals surface area contributed by atoms with Crippen molar-refractivity contribution in [2.45, 2.75) is 19.5 Å². The van der Waals surface area contributed by atoms with E-state index in [2.05, 4.69) is 38.2 Å². The smallest absolute Gasteiger partial charge is 0.226 e. The highest BCUT2D eigenvalue weighted by atomic mass is 32.1. The Hall–Kier alpha value is -2.99. The van der Waals surface area contributed by atoms with Gasteiger partial charge in [0.05, 0.1) is 12.2 Å². The number of nitrogens with one attached hydrogen (secondary N) is 1. The van der Waals surface area contributed by atoms with Crippen LogP contribution in [0.15, 0.2) is 59.0 Å². The zero-order valence-corrected chi connectivity index (χ0v) is 15.0. The summed E-state index contributed by atoms with van der Waals surface area (Å²) in [6.07, 6.45) is 3.47. The fourth-order valence-corrected chi connectivity index (χ4v) is 4.64. The van der Waals surface area contributed by atoms with Crippen LogP contribution in [0, 0.1) is 6.92 Å². The summed E-state index contributed by atoms with van der Waals surface area (Å²) in [4.78, 5) is 28.8. The Balaban J connectivity index is 1.77. The number of hydrogen-bond acceptors (Lipinski definition) is 5. The molecule has 1 unspecified atom stereocenters. The molecule has 128 valence electrons. The minimum absolute atomic E-state index is 0.0802. The number of aromatic amines is 1. The van der Waals surface area contributed by atoms with Crippen molar-refractivity contribution in [2.24, 2.45) is 0 Å². The predicted molar refractivity (Wildman–Crippen MR) is 104 cm³/mol. The topological polar surface area (TPSA) is 61.9 Å². The van der Waals surface area contributed by atoms with Gasteiger partial charge in [0.15, 0.2) is 5.43 Å². The fourth-order valence-electron chi connectivity index (χ4n) is 3.62. The molecule has 5 nitrogen and oxygen atoms in total. The van der Waals surface area contributed by atoms with Crippen LogP contribution in [0.3, 0.4) is 0 Å². The Morgan fingerprint density at radius 2 is 2.00 bits per heavy atom. The third-order valence-electron chi connectivity index (χ3n) is 4.78. The zero-order chi connectivity index (χ0) is 17.7. The van der Waals surface area contributed by atoms with E-state index in [9.17, 15) is 4.79 Å².